The summed E-state index contributed by atoms with van der Waals surface area (Å²) in [6, 6.07) is 8.25. The van der Waals surface area contributed by atoms with Crippen LogP contribution >= 0.6 is 0 Å². The first-order valence-electron chi connectivity index (χ1n) is 9.99. The summed E-state index contributed by atoms with van der Waals surface area (Å²) in [5.74, 6) is 0.0972. The van der Waals surface area contributed by atoms with Gasteiger partial charge in [-0.1, -0.05) is 18.2 Å². The van der Waals surface area contributed by atoms with E-state index in [-0.39, 0.29) is 30.3 Å². The predicted octanol–water partition coefficient (Wildman–Crippen LogP) is 1.97. The van der Waals surface area contributed by atoms with E-state index in [2.05, 4.69) is 0 Å². The lowest BCUT2D eigenvalue weighted by Crippen LogP contribution is -2.49. The minimum Gasteiger partial charge on any atom is -0.338 e. The number of fused-ring (bicyclic) bond motifs is 1. The van der Waals surface area contributed by atoms with Gasteiger partial charge in [0.2, 0.25) is 17.7 Å². The van der Waals surface area contributed by atoms with Crippen LogP contribution in [-0.4, -0.2) is 59.2 Å². The number of amides is 3. The maximum atomic E-state index is 13.0. The van der Waals surface area contributed by atoms with E-state index in [0.29, 0.717) is 25.6 Å². The van der Waals surface area contributed by atoms with Gasteiger partial charge in [-0.05, 0) is 43.7 Å². The van der Waals surface area contributed by atoms with E-state index >= 15 is 0 Å². The molecule has 1 saturated carbocycles. The van der Waals surface area contributed by atoms with Crippen molar-refractivity contribution in [1.82, 2.24) is 9.80 Å². The molecule has 0 spiro atoms. The fourth-order valence-electron chi connectivity index (χ4n) is 4.40. The molecule has 6 heteroatoms. The van der Waals surface area contributed by atoms with E-state index in [4.69, 9.17) is 0 Å². The quantitative estimate of drug-likeness (QED) is 0.797. The molecule has 2 fully saturated rings. The van der Waals surface area contributed by atoms with Crippen molar-refractivity contribution in [3.8, 4) is 0 Å². The molecular formula is C21H27N3O3. The number of carbonyl (C=O) groups excluding carboxylic acids is 3. The Bertz CT molecular complexity index is 759. The van der Waals surface area contributed by atoms with Crippen LogP contribution < -0.4 is 4.90 Å². The molecule has 1 unspecified atom stereocenters. The zero-order valence-corrected chi connectivity index (χ0v) is 15.9. The molecule has 6 nitrogen and oxygen atoms in total. The standard InChI is InChI=1S/C21H27N3O3/c1-15(25)23(17-9-10-17)13-18-6-4-12-22(18)21(27)14-24-19-7-3-2-5-16(19)8-11-20(24)26/h2-3,5,7,17-18H,4,6,8-14H2,1H3. The van der Waals surface area contributed by atoms with Crippen molar-refractivity contribution >= 4 is 23.4 Å². The van der Waals surface area contributed by atoms with E-state index < -0.39 is 0 Å². The van der Waals surface area contributed by atoms with Crippen molar-refractivity contribution in [2.75, 3.05) is 24.5 Å². The average Bonchev–Trinajstić information content (AvgIpc) is 3.39. The van der Waals surface area contributed by atoms with Crippen LogP contribution in [0.3, 0.4) is 0 Å². The van der Waals surface area contributed by atoms with Crippen molar-refractivity contribution in [2.24, 2.45) is 0 Å². The van der Waals surface area contributed by atoms with E-state index in [9.17, 15) is 14.4 Å². The fourth-order valence-corrected chi connectivity index (χ4v) is 4.40. The molecule has 2 heterocycles. The summed E-state index contributed by atoms with van der Waals surface area (Å²) < 4.78 is 0. The average molecular weight is 369 g/mol. The van der Waals surface area contributed by atoms with Crippen LogP contribution in [0.2, 0.25) is 0 Å². The highest BCUT2D eigenvalue weighted by Crippen LogP contribution is 2.30. The fraction of sp³-hybridized carbons (Fsp3) is 0.571. The minimum absolute atomic E-state index is 0.0122. The highest BCUT2D eigenvalue weighted by Gasteiger charge is 2.37. The number of likely N-dealkylation sites (tertiary alicyclic amines) is 1. The van der Waals surface area contributed by atoms with Crippen molar-refractivity contribution in [1.29, 1.82) is 0 Å². The Labute approximate surface area is 160 Å². The molecule has 0 aromatic heterocycles. The number of aryl methyl sites for hydroxylation is 1. The third-order valence-electron chi connectivity index (χ3n) is 5.98. The van der Waals surface area contributed by atoms with Gasteiger partial charge in [-0.25, -0.2) is 0 Å². The van der Waals surface area contributed by atoms with Crippen LogP contribution in [0.15, 0.2) is 24.3 Å². The number of benzene rings is 1. The second-order valence-electron chi connectivity index (χ2n) is 7.89. The van der Waals surface area contributed by atoms with E-state index in [1.807, 2.05) is 34.1 Å². The lowest BCUT2D eigenvalue weighted by Gasteiger charge is -2.34. The van der Waals surface area contributed by atoms with Crippen molar-refractivity contribution in [3.63, 3.8) is 0 Å². The Morgan fingerprint density at radius 2 is 1.93 bits per heavy atom. The largest absolute Gasteiger partial charge is 0.338 e. The molecule has 3 aliphatic rings. The summed E-state index contributed by atoms with van der Waals surface area (Å²) in [5.41, 5.74) is 1.99. The maximum Gasteiger partial charge on any atom is 0.242 e. The zero-order valence-electron chi connectivity index (χ0n) is 15.9. The number of anilines is 1. The van der Waals surface area contributed by atoms with Gasteiger partial charge < -0.3 is 14.7 Å². The first-order valence-corrected chi connectivity index (χ1v) is 9.99. The third kappa shape index (κ3) is 3.70. The number of nitrogens with zero attached hydrogens (tertiary/aromatic N) is 3. The molecule has 1 atom stereocenters. The Hall–Kier alpha value is -2.37. The Morgan fingerprint density at radius 3 is 2.67 bits per heavy atom. The number of rotatable bonds is 5. The van der Waals surface area contributed by atoms with Crippen molar-refractivity contribution < 1.29 is 14.4 Å². The lowest BCUT2D eigenvalue weighted by atomic mass is 10.0. The van der Waals surface area contributed by atoms with Crippen LogP contribution in [0, 0.1) is 0 Å². The summed E-state index contributed by atoms with van der Waals surface area (Å²) in [6.07, 6.45) is 5.21. The van der Waals surface area contributed by atoms with Gasteiger partial charge in [0.05, 0.1) is 0 Å². The molecule has 0 bridgehead atoms. The van der Waals surface area contributed by atoms with Gasteiger partial charge in [-0.2, -0.15) is 0 Å². The Balaban J connectivity index is 1.46. The van der Waals surface area contributed by atoms with Crippen LogP contribution in [-0.2, 0) is 20.8 Å². The molecule has 1 aliphatic carbocycles. The molecule has 1 aromatic carbocycles. The minimum atomic E-state index is -0.0122. The smallest absolute Gasteiger partial charge is 0.242 e. The van der Waals surface area contributed by atoms with Gasteiger partial charge in [0.25, 0.3) is 0 Å². The molecular weight excluding hydrogens is 342 g/mol. The zero-order chi connectivity index (χ0) is 19.0. The summed E-state index contributed by atoms with van der Waals surface area (Å²) in [5, 5.41) is 0. The number of carbonyl (C=O) groups is 3. The van der Waals surface area contributed by atoms with E-state index in [1.54, 1.807) is 11.8 Å². The Kier molecular flexibility index (Phi) is 4.89. The van der Waals surface area contributed by atoms with Crippen LogP contribution in [0.4, 0.5) is 5.69 Å². The van der Waals surface area contributed by atoms with Crippen LogP contribution in [0.5, 0.6) is 0 Å². The molecule has 2 aliphatic heterocycles. The van der Waals surface area contributed by atoms with Gasteiger partial charge >= 0.3 is 0 Å². The predicted molar refractivity (Wildman–Crippen MR) is 102 cm³/mol. The number of hydrogen-bond acceptors (Lipinski definition) is 3. The summed E-state index contributed by atoms with van der Waals surface area (Å²) in [6.45, 7) is 3.04. The van der Waals surface area contributed by atoms with Gasteiger partial charge in [0, 0.05) is 44.2 Å². The highest BCUT2D eigenvalue weighted by molar-refractivity contribution is 6.01. The first-order chi connectivity index (χ1) is 13.0. The highest BCUT2D eigenvalue weighted by atomic mass is 16.2. The second kappa shape index (κ2) is 7.33. The molecule has 27 heavy (non-hydrogen) atoms. The number of para-hydroxylation sites is 1. The van der Waals surface area contributed by atoms with Gasteiger partial charge in [0.1, 0.15) is 6.54 Å². The summed E-state index contributed by atoms with van der Waals surface area (Å²) >= 11 is 0. The maximum absolute atomic E-state index is 13.0. The van der Waals surface area contributed by atoms with Crippen molar-refractivity contribution in [3.05, 3.63) is 29.8 Å². The molecule has 1 aromatic rings. The monoisotopic (exact) mass is 369 g/mol. The molecule has 1 saturated heterocycles. The molecule has 4 rings (SSSR count). The molecule has 0 radical (unpaired) electrons. The van der Waals surface area contributed by atoms with E-state index in [0.717, 1.165) is 43.4 Å². The van der Waals surface area contributed by atoms with Crippen LogP contribution in [0.1, 0.15) is 44.6 Å². The Morgan fingerprint density at radius 1 is 1.15 bits per heavy atom. The van der Waals surface area contributed by atoms with Crippen LogP contribution in [0.25, 0.3) is 0 Å². The summed E-state index contributed by atoms with van der Waals surface area (Å²) in [7, 11) is 0. The SMILES string of the molecule is CC(=O)N(CC1CCCN1C(=O)CN1C(=O)CCc2ccccc21)C1CC1. The normalized spacial score (nSPS) is 22.0. The summed E-state index contributed by atoms with van der Waals surface area (Å²) in [4.78, 5) is 42.9. The lowest BCUT2D eigenvalue weighted by molar-refractivity contribution is -0.135. The van der Waals surface area contributed by atoms with Gasteiger partial charge in [-0.15, -0.1) is 0 Å². The molecule has 0 N–H and O–H groups in total. The van der Waals surface area contributed by atoms with Gasteiger partial charge in [-0.3, -0.25) is 14.4 Å². The topological polar surface area (TPSA) is 60.9 Å². The molecule has 144 valence electrons. The molecule has 3 amide bonds. The number of hydrogen-bond donors (Lipinski definition) is 0. The first kappa shape index (κ1) is 18.0. The van der Waals surface area contributed by atoms with Gasteiger partial charge in [0.15, 0.2) is 0 Å². The van der Waals surface area contributed by atoms with E-state index in [1.165, 1.54) is 0 Å². The second-order valence-corrected chi connectivity index (χ2v) is 7.89. The third-order valence-corrected chi connectivity index (χ3v) is 5.98. The van der Waals surface area contributed by atoms with Crippen molar-refractivity contribution in [2.45, 2.75) is 57.5 Å².